The van der Waals surface area contributed by atoms with Crippen molar-refractivity contribution in [3.05, 3.63) is 29.3 Å². The lowest BCUT2D eigenvalue weighted by molar-refractivity contribution is -0.376. The SMILES string of the molecule is Cc1ccc(C(O)(C(F)(F)F)C(F)(F)F)cc1N. The molecule has 102 valence electrons. The van der Waals surface area contributed by atoms with Gasteiger partial charge in [-0.2, -0.15) is 26.3 Å². The lowest BCUT2D eigenvalue weighted by atomic mass is 9.91. The Labute approximate surface area is 98.0 Å². The predicted molar refractivity (Wildman–Crippen MR) is 51.6 cm³/mol. The van der Waals surface area contributed by atoms with Crippen LogP contribution in [0.4, 0.5) is 32.0 Å². The molecule has 0 atom stereocenters. The summed E-state index contributed by atoms with van der Waals surface area (Å²) in [4.78, 5) is 0. The van der Waals surface area contributed by atoms with Crippen molar-refractivity contribution in [2.24, 2.45) is 0 Å². The highest BCUT2D eigenvalue weighted by molar-refractivity contribution is 5.50. The van der Waals surface area contributed by atoms with Gasteiger partial charge in [0.25, 0.3) is 5.60 Å². The van der Waals surface area contributed by atoms with Crippen molar-refractivity contribution >= 4 is 5.69 Å². The molecule has 0 saturated carbocycles. The number of rotatable bonds is 1. The van der Waals surface area contributed by atoms with Crippen LogP contribution in [0.1, 0.15) is 11.1 Å². The summed E-state index contributed by atoms with van der Waals surface area (Å²) in [5.74, 6) is 0. The smallest absolute Gasteiger partial charge is 0.399 e. The molecule has 0 amide bonds. The van der Waals surface area contributed by atoms with E-state index in [0.29, 0.717) is 17.7 Å². The lowest BCUT2D eigenvalue weighted by Gasteiger charge is -2.32. The Kier molecular flexibility index (Phi) is 3.28. The topological polar surface area (TPSA) is 46.2 Å². The van der Waals surface area contributed by atoms with Gasteiger partial charge in [-0.15, -0.1) is 0 Å². The molecular weight excluding hydrogens is 264 g/mol. The molecule has 0 aromatic heterocycles. The third-order valence-electron chi connectivity index (χ3n) is 2.52. The van der Waals surface area contributed by atoms with Gasteiger partial charge in [-0.25, -0.2) is 0 Å². The zero-order valence-corrected chi connectivity index (χ0v) is 9.02. The van der Waals surface area contributed by atoms with Crippen LogP contribution in [0, 0.1) is 6.92 Å². The van der Waals surface area contributed by atoms with Crippen molar-refractivity contribution in [3.63, 3.8) is 0 Å². The highest BCUT2D eigenvalue weighted by atomic mass is 19.4. The third-order valence-corrected chi connectivity index (χ3v) is 2.52. The van der Waals surface area contributed by atoms with Gasteiger partial charge in [-0.05, 0) is 18.6 Å². The number of benzene rings is 1. The quantitative estimate of drug-likeness (QED) is 0.610. The summed E-state index contributed by atoms with van der Waals surface area (Å²) >= 11 is 0. The summed E-state index contributed by atoms with van der Waals surface area (Å²) in [5.41, 5.74) is -0.980. The summed E-state index contributed by atoms with van der Waals surface area (Å²) in [5, 5.41) is 9.07. The first-order chi connectivity index (χ1) is 7.91. The Hall–Kier alpha value is -1.44. The molecule has 0 bridgehead atoms. The normalized spacial score (nSPS) is 13.8. The molecule has 2 nitrogen and oxygen atoms in total. The highest BCUT2D eigenvalue weighted by Gasteiger charge is 2.71. The molecule has 18 heavy (non-hydrogen) atoms. The molecule has 0 saturated heterocycles. The van der Waals surface area contributed by atoms with Crippen LogP contribution < -0.4 is 5.73 Å². The molecule has 0 aliphatic carbocycles. The average Bonchev–Trinajstić information content (AvgIpc) is 2.17. The minimum Gasteiger partial charge on any atom is -0.399 e. The molecule has 1 aromatic carbocycles. The minimum atomic E-state index is -5.90. The zero-order valence-electron chi connectivity index (χ0n) is 9.02. The number of nitrogen functional groups attached to an aromatic ring is 1. The van der Waals surface area contributed by atoms with Crippen molar-refractivity contribution < 1.29 is 31.4 Å². The number of hydrogen-bond acceptors (Lipinski definition) is 2. The van der Waals surface area contributed by atoms with Gasteiger partial charge < -0.3 is 10.8 Å². The van der Waals surface area contributed by atoms with Crippen LogP contribution in [0.3, 0.4) is 0 Å². The maximum atomic E-state index is 12.5. The van der Waals surface area contributed by atoms with Crippen LogP contribution in [0.15, 0.2) is 18.2 Å². The molecule has 0 radical (unpaired) electrons. The molecule has 1 rings (SSSR count). The summed E-state index contributed by atoms with van der Waals surface area (Å²) in [7, 11) is 0. The van der Waals surface area contributed by atoms with Crippen LogP contribution in [0.25, 0.3) is 0 Å². The van der Waals surface area contributed by atoms with Crippen molar-refractivity contribution in [3.8, 4) is 0 Å². The highest BCUT2D eigenvalue weighted by Crippen LogP contribution is 2.50. The van der Waals surface area contributed by atoms with Gasteiger partial charge in [0.15, 0.2) is 0 Å². The molecule has 0 heterocycles. The van der Waals surface area contributed by atoms with E-state index >= 15 is 0 Å². The number of aliphatic hydroxyl groups is 1. The molecular formula is C10H9F6NO. The van der Waals surface area contributed by atoms with Gasteiger partial charge >= 0.3 is 12.4 Å². The minimum absolute atomic E-state index is 0.264. The Morgan fingerprint density at radius 1 is 1.00 bits per heavy atom. The zero-order chi connectivity index (χ0) is 14.4. The fraction of sp³-hybridized carbons (Fsp3) is 0.400. The van der Waals surface area contributed by atoms with Crippen LogP contribution in [-0.4, -0.2) is 17.5 Å². The number of aryl methyl sites for hydroxylation is 1. The molecule has 1 aromatic rings. The summed E-state index contributed by atoms with van der Waals surface area (Å²) < 4.78 is 75.0. The van der Waals surface area contributed by atoms with Crippen LogP contribution in [0.5, 0.6) is 0 Å². The van der Waals surface area contributed by atoms with Crippen molar-refractivity contribution in [1.29, 1.82) is 0 Å². The molecule has 0 spiro atoms. The fourth-order valence-corrected chi connectivity index (χ4v) is 1.35. The molecule has 3 N–H and O–H groups in total. The van der Waals surface area contributed by atoms with Crippen molar-refractivity contribution in [2.75, 3.05) is 5.73 Å². The largest absolute Gasteiger partial charge is 0.430 e. The number of anilines is 1. The van der Waals surface area contributed by atoms with E-state index < -0.39 is 23.5 Å². The van der Waals surface area contributed by atoms with Crippen molar-refractivity contribution in [2.45, 2.75) is 24.9 Å². The summed E-state index contributed by atoms with van der Waals surface area (Å²) in [6, 6.07) is 2.00. The molecule has 0 unspecified atom stereocenters. The maximum absolute atomic E-state index is 12.5. The van der Waals surface area contributed by atoms with Crippen LogP contribution in [-0.2, 0) is 5.60 Å². The van der Waals surface area contributed by atoms with E-state index in [9.17, 15) is 26.3 Å². The third kappa shape index (κ3) is 2.12. The van der Waals surface area contributed by atoms with Gasteiger partial charge in [0.2, 0.25) is 0 Å². The number of halogens is 6. The number of hydrogen-bond donors (Lipinski definition) is 2. The van der Waals surface area contributed by atoms with E-state index in [1.807, 2.05) is 0 Å². The van der Waals surface area contributed by atoms with E-state index in [1.165, 1.54) is 6.92 Å². The van der Waals surface area contributed by atoms with Gasteiger partial charge in [0.1, 0.15) is 0 Å². The first kappa shape index (κ1) is 14.6. The van der Waals surface area contributed by atoms with Gasteiger partial charge in [-0.1, -0.05) is 12.1 Å². The van der Waals surface area contributed by atoms with E-state index in [-0.39, 0.29) is 5.69 Å². The standard InChI is InChI=1S/C10H9F6NO/c1-5-2-3-6(4-7(5)17)8(18,9(11,12)13)10(14,15)16/h2-4,18H,17H2,1H3. The van der Waals surface area contributed by atoms with E-state index in [0.717, 1.165) is 6.07 Å². The molecule has 0 aliphatic rings. The van der Waals surface area contributed by atoms with E-state index in [2.05, 4.69) is 0 Å². The molecule has 8 heteroatoms. The number of nitrogens with two attached hydrogens (primary N) is 1. The Morgan fingerprint density at radius 3 is 1.78 bits per heavy atom. The second-order valence-corrected chi connectivity index (χ2v) is 3.78. The van der Waals surface area contributed by atoms with E-state index in [4.69, 9.17) is 10.8 Å². The second kappa shape index (κ2) is 4.04. The fourth-order valence-electron chi connectivity index (χ4n) is 1.35. The summed E-state index contributed by atoms with van der Waals surface area (Å²) in [6.45, 7) is 1.42. The predicted octanol–water partition coefficient (Wildman–Crippen LogP) is 2.89. The van der Waals surface area contributed by atoms with Gasteiger partial charge in [-0.3, -0.25) is 0 Å². The van der Waals surface area contributed by atoms with Gasteiger partial charge in [0.05, 0.1) is 0 Å². The first-order valence-corrected chi connectivity index (χ1v) is 4.63. The van der Waals surface area contributed by atoms with Crippen LogP contribution in [0.2, 0.25) is 0 Å². The van der Waals surface area contributed by atoms with Crippen molar-refractivity contribution in [1.82, 2.24) is 0 Å². The number of alkyl halides is 6. The molecule has 0 fully saturated rings. The monoisotopic (exact) mass is 273 g/mol. The lowest BCUT2D eigenvalue weighted by Crippen LogP contribution is -2.53. The van der Waals surface area contributed by atoms with Crippen LogP contribution >= 0.6 is 0 Å². The first-order valence-electron chi connectivity index (χ1n) is 4.63. The maximum Gasteiger partial charge on any atom is 0.430 e. The average molecular weight is 273 g/mol. The second-order valence-electron chi connectivity index (χ2n) is 3.78. The molecule has 0 aliphatic heterocycles. The Balaban J connectivity index is 3.51. The van der Waals surface area contributed by atoms with Gasteiger partial charge in [0, 0.05) is 11.3 Å². The Morgan fingerprint density at radius 2 is 1.44 bits per heavy atom. The Bertz CT molecular complexity index is 437. The van der Waals surface area contributed by atoms with E-state index in [1.54, 1.807) is 0 Å². The summed E-state index contributed by atoms with van der Waals surface area (Å²) in [6.07, 6.45) is -11.8.